The van der Waals surface area contributed by atoms with E-state index in [1.165, 1.54) is 104 Å². The lowest BCUT2D eigenvalue weighted by molar-refractivity contribution is 0.657. The van der Waals surface area contributed by atoms with Crippen LogP contribution in [0.3, 0.4) is 0 Å². The average molecular weight is 713 g/mol. The van der Waals surface area contributed by atoms with Crippen molar-refractivity contribution in [3.05, 3.63) is 193 Å². The van der Waals surface area contributed by atoms with Gasteiger partial charge >= 0.3 is 0 Å². The van der Waals surface area contributed by atoms with E-state index in [0.717, 1.165) is 16.6 Å². The van der Waals surface area contributed by atoms with E-state index in [9.17, 15) is 0 Å². The molecule has 0 fully saturated rings. The molecule has 0 saturated heterocycles. The third-order valence-electron chi connectivity index (χ3n) is 12.6. The highest BCUT2D eigenvalue weighted by molar-refractivity contribution is 6.24. The van der Waals surface area contributed by atoms with E-state index >= 15 is 0 Å². The first-order valence-corrected chi connectivity index (χ1v) is 19.6. The fourth-order valence-electron chi connectivity index (χ4n) is 10.0. The summed E-state index contributed by atoms with van der Waals surface area (Å²) < 4.78 is 6.63. The summed E-state index contributed by atoms with van der Waals surface area (Å²) in [6.45, 7) is 4.74. The molecule has 56 heavy (non-hydrogen) atoms. The maximum atomic E-state index is 6.63. The number of rotatable bonds is 3. The first-order chi connectivity index (χ1) is 27.5. The van der Waals surface area contributed by atoms with Crippen LogP contribution in [0.1, 0.15) is 25.0 Å². The van der Waals surface area contributed by atoms with Crippen molar-refractivity contribution in [1.29, 1.82) is 0 Å². The molecule has 1 aromatic heterocycles. The summed E-state index contributed by atoms with van der Waals surface area (Å²) in [4.78, 5) is 0. The lowest BCUT2D eigenvalue weighted by Gasteiger charge is -2.22. The van der Waals surface area contributed by atoms with E-state index in [1.807, 2.05) is 0 Å². The van der Waals surface area contributed by atoms with Gasteiger partial charge in [0.15, 0.2) is 0 Å². The summed E-state index contributed by atoms with van der Waals surface area (Å²) in [5, 5.41) is 12.4. The van der Waals surface area contributed by atoms with Crippen molar-refractivity contribution < 1.29 is 4.42 Å². The molecular weight excluding hydrogens is 677 g/mol. The Morgan fingerprint density at radius 2 is 0.946 bits per heavy atom. The minimum Gasteiger partial charge on any atom is -0.455 e. The highest BCUT2D eigenvalue weighted by atomic mass is 16.3. The Balaban J connectivity index is 1.04. The van der Waals surface area contributed by atoms with E-state index in [4.69, 9.17) is 4.42 Å². The van der Waals surface area contributed by atoms with Gasteiger partial charge < -0.3 is 4.42 Å². The second kappa shape index (κ2) is 11.5. The Morgan fingerprint density at radius 1 is 0.357 bits per heavy atom. The first kappa shape index (κ1) is 31.4. The molecule has 11 aromatic rings. The maximum absolute atomic E-state index is 6.63. The molecule has 1 aliphatic rings. The molecule has 0 radical (unpaired) electrons. The number of fused-ring (bicyclic) bond motifs is 12. The van der Waals surface area contributed by atoms with Gasteiger partial charge in [-0.15, -0.1) is 0 Å². The van der Waals surface area contributed by atoms with Gasteiger partial charge in [-0.1, -0.05) is 172 Å². The Hall–Kier alpha value is -6.96. The molecule has 0 unspecified atom stereocenters. The molecule has 0 N–H and O–H groups in total. The van der Waals surface area contributed by atoms with Gasteiger partial charge in [0.2, 0.25) is 0 Å². The number of hydrogen-bond acceptors (Lipinski definition) is 1. The molecule has 10 aromatic carbocycles. The molecule has 0 bridgehead atoms. The topological polar surface area (TPSA) is 13.1 Å². The lowest BCUT2D eigenvalue weighted by Crippen LogP contribution is -2.14. The number of hydrogen-bond donors (Lipinski definition) is 0. The predicted molar refractivity (Wildman–Crippen MR) is 238 cm³/mol. The van der Waals surface area contributed by atoms with E-state index in [2.05, 4.69) is 196 Å². The van der Waals surface area contributed by atoms with E-state index in [1.54, 1.807) is 0 Å². The summed E-state index contributed by atoms with van der Waals surface area (Å²) in [5.41, 5.74) is 14.6. The fraction of sp³-hybridized carbons (Fsp3) is 0.0545. The molecule has 0 amide bonds. The molecule has 1 heteroatoms. The zero-order valence-corrected chi connectivity index (χ0v) is 31.2. The SMILES string of the molecule is CC1(C)c2cc(-c3cccc(-c4c5ccccc5c(-c5cccc6ccccc56)c5ccccc45)c3)ccc2-c2c1ccc1oc3c4ccccc4ccc3c21. The van der Waals surface area contributed by atoms with Crippen molar-refractivity contribution in [1.82, 2.24) is 0 Å². The van der Waals surface area contributed by atoms with Gasteiger partial charge in [-0.3, -0.25) is 0 Å². The molecule has 12 rings (SSSR count). The molecule has 0 atom stereocenters. The zero-order chi connectivity index (χ0) is 37.1. The molecular formula is C55H36O. The van der Waals surface area contributed by atoms with Crippen molar-refractivity contribution in [3.63, 3.8) is 0 Å². The van der Waals surface area contributed by atoms with Crippen LogP contribution in [-0.4, -0.2) is 0 Å². The van der Waals surface area contributed by atoms with Crippen LogP contribution in [-0.2, 0) is 5.41 Å². The van der Waals surface area contributed by atoms with E-state index in [0.29, 0.717) is 0 Å². The summed E-state index contributed by atoms with van der Waals surface area (Å²) in [6.07, 6.45) is 0. The van der Waals surface area contributed by atoms with Crippen LogP contribution in [0, 0.1) is 0 Å². The number of furan rings is 1. The van der Waals surface area contributed by atoms with Crippen LogP contribution in [0.15, 0.2) is 186 Å². The van der Waals surface area contributed by atoms with Crippen LogP contribution in [0.4, 0.5) is 0 Å². The van der Waals surface area contributed by atoms with Gasteiger partial charge in [0.25, 0.3) is 0 Å². The minimum absolute atomic E-state index is 0.170. The minimum atomic E-state index is -0.170. The maximum Gasteiger partial charge on any atom is 0.143 e. The smallest absolute Gasteiger partial charge is 0.143 e. The van der Waals surface area contributed by atoms with Gasteiger partial charge in [-0.05, 0) is 118 Å². The van der Waals surface area contributed by atoms with Gasteiger partial charge in [0.05, 0.1) is 0 Å². The quantitative estimate of drug-likeness (QED) is 0.166. The van der Waals surface area contributed by atoms with Crippen molar-refractivity contribution in [2.24, 2.45) is 0 Å². The average Bonchev–Trinajstić information content (AvgIpc) is 3.74. The summed E-state index contributed by atoms with van der Waals surface area (Å²) in [6, 6.07) is 67.1. The van der Waals surface area contributed by atoms with Crippen LogP contribution < -0.4 is 0 Å². The van der Waals surface area contributed by atoms with Gasteiger partial charge in [0, 0.05) is 21.6 Å². The molecule has 1 heterocycles. The van der Waals surface area contributed by atoms with Crippen molar-refractivity contribution in [3.8, 4) is 44.5 Å². The molecule has 1 aliphatic carbocycles. The van der Waals surface area contributed by atoms with Crippen LogP contribution in [0.5, 0.6) is 0 Å². The van der Waals surface area contributed by atoms with Gasteiger partial charge in [-0.25, -0.2) is 0 Å². The van der Waals surface area contributed by atoms with Crippen LogP contribution >= 0.6 is 0 Å². The molecule has 0 saturated carbocycles. The highest BCUT2D eigenvalue weighted by Gasteiger charge is 2.38. The van der Waals surface area contributed by atoms with Gasteiger partial charge in [-0.2, -0.15) is 0 Å². The van der Waals surface area contributed by atoms with Crippen LogP contribution in [0.2, 0.25) is 0 Å². The largest absolute Gasteiger partial charge is 0.455 e. The molecule has 0 spiro atoms. The first-order valence-electron chi connectivity index (χ1n) is 19.6. The Kier molecular flexibility index (Phi) is 6.46. The third kappa shape index (κ3) is 4.31. The Morgan fingerprint density at radius 3 is 1.70 bits per heavy atom. The van der Waals surface area contributed by atoms with Crippen molar-refractivity contribution >= 4 is 65.0 Å². The summed E-state index contributed by atoms with van der Waals surface area (Å²) in [7, 11) is 0. The van der Waals surface area contributed by atoms with Crippen molar-refractivity contribution in [2.75, 3.05) is 0 Å². The van der Waals surface area contributed by atoms with E-state index in [-0.39, 0.29) is 5.41 Å². The summed E-state index contributed by atoms with van der Waals surface area (Å²) >= 11 is 0. The van der Waals surface area contributed by atoms with Crippen LogP contribution in [0.25, 0.3) is 110 Å². The second-order valence-electron chi connectivity index (χ2n) is 16.0. The third-order valence-corrected chi connectivity index (χ3v) is 12.6. The predicted octanol–water partition coefficient (Wildman–Crippen LogP) is 15.5. The highest BCUT2D eigenvalue weighted by Crippen LogP contribution is 2.54. The second-order valence-corrected chi connectivity index (χ2v) is 16.0. The summed E-state index contributed by atoms with van der Waals surface area (Å²) in [5.74, 6) is 0. The Bertz CT molecular complexity index is 3390. The molecule has 262 valence electrons. The number of benzene rings is 10. The van der Waals surface area contributed by atoms with E-state index < -0.39 is 0 Å². The normalized spacial score (nSPS) is 13.3. The Labute approximate surface area is 325 Å². The fourth-order valence-corrected chi connectivity index (χ4v) is 10.0. The molecule has 1 nitrogen and oxygen atoms in total. The standard InChI is InChI=1S/C55H36O/c1-55(2)47-29-30-49-53(46-28-25-34-14-4-6-19-39(34)54(46)56-49)52(47)45-27-26-36(32-48(45)55)35-16-11-17-37(31-35)50-41-20-7-9-22-43(41)51(44-23-10-8-21-42(44)50)40-24-12-15-33-13-3-5-18-38(33)40/h3-32H,1-2H3. The lowest BCUT2D eigenvalue weighted by atomic mass is 9.81. The monoisotopic (exact) mass is 712 g/mol. The molecule has 0 aliphatic heterocycles. The van der Waals surface area contributed by atoms with Crippen molar-refractivity contribution in [2.45, 2.75) is 19.3 Å². The zero-order valence-electron chi connectivity index (χ0n) is 31.2. The van der Waals surface area contributed by atoms with Gasteiger partial charge in [0.1, 0.15) is 11.2 Å².